The number of furan rings is 1. The summed E-state index contributed by atoms with van der Waals surface area (Å²) in [7, 11) is 1.90. The third-order valence-electron chi connectivity index (χ3n) is 2.27. The Kier molecular flexibility index (Phi) is 4.00. The van der Waals surface area contributed by atoms with Gasteiger partial charge in [-0.2, -0.15) is 0 Å². The Morgan fingerprint density at radius 3 is 3.00 bits per heavy atom. The zero-order chi connectivity index (χ0) is 13.0. The van der Waals surface area contributed by atoms with Crippen LogP contribution in [0.25, 0.3) is 10.8 Å². The molecule has 96 valence electrons. The van der Waals surface area contributed by atoms with Gasteiger partial charge in [-0.15, -0.1) is 10.2 Å². The molecular weight excluding hydrogens is 256 g/mol. The highest BCUT2D eigenvalue weighted by molar-refractivity contribution is 7.14. The molecular formula is C10H12N4O3S. The summed E-state index contributed by atoms with van der Waals surface area (Å²) in [6, 6.07) is 2.85. The summed E-state index contributed by atoms with van der Waals surface area (Å²) in [5, 5.41) is 23.0. The van der Waals surface area contributed by atoms with Crippen LogP contribution < -0.4 is 5.32 Å². The van der Waals surface area contributed by atoms with Crippen LogP contribution in [0.3, 0.4) is 0 Å². The van der Waals surface area contributed by atoms with Crippen molar-refractivity contribution in [1.82, 2.24) is 15.5 Å². The minimum Gasteiger partial charge on any atom is -0.398 e. The van der Waals surface area contributed by atoms with Gasteiger partial charge in [0.15, 0.2) is 10.8 Å². The molecule has 0 atom stereocenters. The number of hydrogen-bond donors (Lipinski definition) is 1. The van der Waals surface area contributed by atoms with E-state index in [4.69, 9.17) is 4.42 Å². The molecule has 2 rings (SSSR count). The predicted molar refractivity (Wildman–Crippen MR) is 66.5 cm³/mol. The molecule has 0 spiro atoms. The minimum absolute atomic E-state index is 0.281. The SMILES string of the molecule is CNCCCc1nnc(-c2ccc([N+](=O)[O-])o2)s1. The van der Waals surface area contributed by atoms with Gasteiger partial charge in [-0.05, 0) is 26.1 Å². The summed E-state index contributed by atoms with van der Waals surface area (Å²) in [5.74, 6) is 0.107. The highest BCUT2D eigenvalue weighted by atomic mass is 32.1. The smallest absolute Gasteiger partial charge is 0.398 e. The van der Waals surface area contributed by atoms with Crippen molar-refractivity contribution in [2.45, 2.75) is 12.8 Å². The third kappa shape index (κ3) is 2.90. The van der Waals surface area contributed by atoms with Gasteiger partial charge in [0.1, 0.15) is 9.93 Å². The Morgan fingerprint density at radius 1 is 1.50 bits per heavy atom. The summed E-state index contributed by atoms with van der Waals surface area (Å²) in [6.07, 6.45) is 1.81. The van der Waals surface area contributed by atoms with E-state index in [-0.39, 0.29) is 5.88 Å². The summed E-state index contributed by atoms with van der Waals surface area (Å²) >= 11 is 1.40. The van der Waals surface area contributed by atoms with Gasteiger partial charge in [0.25, 0.3) is 0 Å². The van der Waals surface area contributed by atoms with Crippen LogP contribution >= 0.6 is 11.3 Å². The van der Waals surface area contributed by atoms with E-state index >= 15 is 0 Å². The first kappa shape index (κ1) is 12.7. The molecule has 0 saturated carbocycles. The second-order valence-electron chi connectivity index (χ2n) is 3.60. The number of aromatic nitrogens is 2. The molecule has 7 nitrogen and oxygen atoms in total. The van der Waals surface area contributed by atoms with E-state index in [2.05, 4.69) is 15.5 Å². The van der Waals surface area contributed by atoms with Gasteiger partial charge in [0, 0.05) is 6.42 Å². The second-order valence-corrected chi connectivity index (χ2v) is 4.67. The molecule has 0 aliphatic rings. The van der Waals surface area contributed by atoms with Crippen molar-refractivity contribution >= 4 is 17.2 Å². The highest BCUT2D eigenvalue weighted by Gasteiger charge is 2.16. The molecule has 0 aromatic carbocycles. The lowest BCUT2D eigenvalue weighted by Crippen LogP contribution is -2.08. The van der Waals surface area contributed by atoms with E-state index in [0.29, 0.717) is 10.8 Å². The number of nitrogens with one attached hydrogen (secondary N) is 1. The number of rotatable bonds is 6. The van der Waals surface area contributed by atoms with Crippen molar-refractivity contribution in [2.75, 3.05) is 13.6 Å². The van der Waals surface area contributed by atoms with Crippen molar-refractivity contribution in [1.29, 1.82) is 0 Å². The molecule has 2 aromatic heterocycles. The lowest BCUT2D eigenvalue weighted by atomic mass is 10.3. The predicted octanol–water partition coefficient (Wildman–Crippen LogP) is 1.86. The maximum atomic E-state index is 10.5. The fourth-order valence-corrected chi connectivity index (χ4v) is 2.25. The van der Waals surface area contributed by atoms with Crippen molar-refractivity contribution in [2.24, 2.45) is 0 Å². The van der Waals surface area contributed by atoms with E-state index < -0.39 is 4.92 Å². The Balaban J connectivity index is 2.06. The largest absolute Gasteiger partial charge is 0.433 e. The quantitative estimate of drug-likeness (QED) is 0.488. The highest BCUT2D eigenvalue weighted by Crippen LogP contribution is 2.28. The Hall–Kier alpha value is -1.80. The van der Waals surface area contributed by atoms with Crippen molar-refractivity contribution < 1.29 is 9.34 Å². The Bertz CT molecular complexity index is 537. The van der Waals surface area contributed by atoms with Crippen molar-refractivity contribution in [3.63, 3.8) is 0 Å². The molecule has 0 saturated heterocycles. The van der Waals surface area contributed by atoms with Crippen molar-refractivity contribution in [3.8, 4) is 10.8 Å². The first-order valence-corrected chi connectivity index (χ1v) is 6.24. The average Bonchev–Trinajstić information content (AvgIpc) is 2.97. The number of hydrogen-bond acceptors (Lipinski definition) is 7. The van der Waals surface area contributed by atoms with Crippen LogP contribution in [0.5, 0.6) is 0 Å². The van der Waals surface area contributed by atoms with Crippen LogP contribution in [0.15, 0.2) is 16.5 Å². The summed E-state index contributed by atoms with van der Waals surface area (Å²) < 4.78 is 5.07. The van der Waals surface area contributed by atoms with Gasteiger partial charge in [0.2, 0.25) is 0 Å². The van der Waals surface area contributed by atoms with E-state index in [9.17, 15) is 10.1 Å². The zero-order valence-corrected chi connectivity index (χ0v) is 10.6. The van der Waals surface area contributed by atoms with Crippen LogP contribution in [0, 0.1) is 10.1 Å². The molecule has 0 unspecified atom stereocenters. The summed E-state index contributed by atoms with van der Waals surface area (Å²) in [4.78, 5) is 9.93. The lowest BCUT2D eigenvalue weighted by molar-refractivity contribution is -0.401. The minimum atomic E-state index is -0.571. The Labute approximate surface area is 107 Å². The van der Waals surface area contributed by atoms with E-state index in [1.165, 1.54) is 23.5 Å². The first-order chi connectivity index (χ1) is 8.70. The van der Waals surface area contributed by atoms with Crippen molar-refractivity contribution in [3.05, 3.63) is 27.3 Å². The summed E-state index contributed by atoms with van der Waals surface area (Å²) in [5.41, 5.74) is 0. The molecule has 0 aliphatic carbocycles. The molecule has 0 bridgehead atoms. The van der Waals surface area contributed by atoms with Crippen LogP contribution in [-0.2, 0) is 6.42 Å². The molecule has 2 heterocycles. The molecule has 18 heavy (non-hydrogen) atoms. The fourth-order valence-electron chi connectivity index (χ4n) is 1.41. The van der Waals surface area contributed by atoms with Gasteiger partial charge >= 0.3 is 5.88 Å². The van der Waals surface area contributed by atoms with Gasteiger partial charge in [-0.1, -0.05) is 11.3 Å². The molecule has 1 N–H and O–H groups in total. The molecule has 0 fully saturated rings. The van der Waals surface area contributed by atoms with Crippen LogP contribution in [0.2, 0.25) is 0 Å². The molecule has 8 heteroatoms. The standard InChI is InChI=1S/C10H12N4O3S/c1-11-6-2-3-8-12-13-10(18-8)7-4-5-9(17-7)14(15)16/h4-5,11H,2-3,6H2,1H3. The maximum Gasteiger partial charge on any atom is 0.433 e. The van der Waals surface area contributed by atoms with Gasteiger partial charge < -0.3 is 9.73 Å². The number of aryl methyl sites for hydroxylation is 1. The van der Waals surface area contributed by atoms with E-state index in [1.807, 2.05) is 7.05 Å². The average molecular weight is 268 g/mol. The van der Waals surface area contributed by atoms with Crippen LogP contribution in [-0.4, -0.2) is 28.7 Å². The zero-order valence-electron chi connectivity index (χ0n) is 9.75. The monoisotopic (exact) mass is 268 g/mol. The second kappa shape index (κ2) is 5.69. The lowest BCUT2D eigenvalue weighted by Gasteiger charge is -1.94. The number of nitro groups is 1. The normalized spacial score (nSPS) is 10.7. The van der Waals surface area contributed by atoms with Gasteiger partial charge in [0.05, 0.1) is 6.07 Å². The number of nitrogens with zero attached hydrogens (tertiary/aromatic N) is 3. The molecule has 0 aliphatic heterocycles. The van der Waals surface area contributed by atoms with E-state index in [0.717, 1.165) is 24.4 Å². The van der Waals surface area contributed by atoms with E-state index in [1.54, 1.807) is 0 Å². The molecule has 0 amide bonds. The van der Waals surface area contributed by atoms with Gasteiger partial charge in [-0.3, -0.25) is 10.1 Å². The van der Waals surface area contributed by atoms with Crippen LogP contribution in [0.4, 0.5) is 5.88 Å². The fraction of sp³-hybridized carbons (Fsp3) is 0.400. The van der Waals surface area contributed by atoms with Crippen LogP contribution in [0.1, 0.15) is 11.4 Å². The topological polar surface area (TPSA) is 94.1 Å². The summed E-state index contributed by atoms with van der Waals surface area (Å²) in [6.45, 7) is 0.918. The first-order valence-electron chi connectivity index (χ1n) is 5.42. The molecule has 0 radical (unpaired) electrons. The Morgan fingerprint density at radius 2 is 2.33 bits per heavy atom. The third-order valence-corrected chi connectivity index (χ3v) is 3.26. The maximum absolute atomic E-state index is 10.5. The molecule has 2 aromatic rings. The van der Waals surface area contributed by atoms with Gasteiger partial charge in [-0.25, -0.2) is 0 Å².